The minimum Gasteiger partial charge on any atom is -0.497 e. The third kappa shape index (κ3) is 3.53. The zero-order chi connectivity index (χ0) is 14.7. The average Bonchev–Trinajstić information content (AvgIpc) is 2.42. The number of methoxy groups -OCH3 is 1. The summed E-state index contributed by atoms with van der Waals surface area (Å²) in [6.45, 7) is 0. The Morgan fingerprint density at radius 1 is 1.20 bits per heavy atom. The summed E-state index contributed by atoms with van der Waals surface area (Å²) in [5, 5.41) is 3.35. The quantitative estimate of drug-likeness (QED) is 0.749. The predicted molar refractivity (Wildman–Crippen MR) is 87.8 cm³/mol. The van der Waals surface area contributed by atoms with E-state index in [1.165, 1.54) is 0 Å². The summed E-state index contributed by atoms with van der Waals surface area (Å²) < 4.78 is 6.59. The molecule has 0 saturated carbocycles. The van der Waals surface area contributed by atoms with Crippen LogP contribution in [0.5, 0.6) is 5.75 Å². The second-order valence-corrected chi connectivity index (χ2v) is 6.08. The van der Waals surface area contributed by atoms with E-state index in [0.717, 1.165) is 8.95 Å². The lowest BCUT2D eigenvalue weighted by molar-refractivity contribution is 0.102. The molecule has 2 rings (SSSR count). The number of anilines is 1. The van der Waals surface area contributed by atoms with E-state index >= 15 is 0 Å². The van der Waals surface area contributed by atoms with Crippen molar-refractivity contribution in [1.29, 1.82) is 0 Å². The number of rotatable bonds is 3. The standard InChI is InChI=1S/C14H10Br2ClNO2/c1-20-10-6-11(15)13(12(16)7-10)18-14(19)8-3-2-4-9(17)5-8/h2-7H,1H3,(H,18,19). The zero-order valence-corrected chi connectivity index (χ0v) is 14.3. The second-order valence-electron chi connectivity index (χ2n) is 3.93. The first-order chi connectivity index (χ1) is 9.51. The van der Waals surface area contributed by atoms with Gasteiger partial charge in [0.25, 0.3) is 5.91 Å². The highest BCUT2D eigenvalue weighted by Gasteiger charge is 2.13. The van der Waals surface area contributed by atoms with Gasteiger partial charge in [-0.1, -0.05) is 17.7 Å². The molecule has 0 aliphatic heterocycles. The molecule has 1 amide bonds. The molecule has 6 heteroatoms. The summed E-state index contributed by atoms with van der Waals surface area (Å²) in [5.41, 5.74) is 1.13. The third-order valence-corrected chi connectivity index (χ3v) is 4.06. The topological polar surface area (TPSA) is 38.3 Å². The van der Waals surface area contributed by atoms with Crippen LogP contribution in [-0.2, 0) is 0 Å². The van der Waals surface area contributed by atoms with Crippen LogP contribution >= 0.6 is 43.5 Å². The normalized spacial score (nSPS) is 10.2. The van der Waals surface area contributed by atoms with Gasteiger partial charge >= 0.3 is 0 Å². The molecule has 0 bridgehead atoms. The minimum atomic E-state index is -0.237. The smallest absolute Gasteiger partial charge is 0.255 e. The molecule has 0 aromatic heterocycles. The average molecular weight is 420 g/mol. The number of benzene rings is 2. The summed E-state index contributed by atoms with van der Waals surface area (Å²) in [4.78, 5) is 12.2. The Morgan fingerprint density at radius 2 is 1.85 bits per heavy atom. The van der Waals surface area contributed by atoms with Crippen molar-refractivity contribution in [2.24, 2.45) is 0 Å². The molecule has 0 radical (unpaired) electrons. The summed E-state index contributed by atoms with van der Waals surface area (Å²) >= 11 is 12.7. The van der Waals surface area contributed by atoms with E-state index in [0.29, 0.717) is 22.0 Å². The van der Waals surface area contributed by atoms with Crippen molar-refractivity contribution in [1.82, 2.24) is 0 Å². The first kappa shape index (κ1) is 15.4. The monoisotopic (exact) mass is 417 g/mol. The van der Waals surface area contributed by atoms with Gasteiger partial charge in [0.2, 0.25) is 0 Å². The van der Waals surface area contributed by atoms with E-state index in [9.17, 15) is 4.79 Å². The Balaban J connectivity index is 2.28. The molecule has 1 N–H and O–H groups in total. The summed E-state index contributed by atoms with van der Waals surface area (Å²) in [7, 11) is 1.58. The molecule has 0 unspecified atom stereocenters. The molecule has 2 aromatic rings. The van der Waals surface area contributed by atoms with Crippen LogP contribution in [0.4, 0.5) is 5.69 Å². The lowest BCUT2D eigenvalue weighted by Crippen LogP contribution is -2.12. The number of hydrogen-bond acceptors (Lipinski definition) is 2. The van der Waals surface area contributed by atoms with E-state index < -0.39 is 0 Å². The van der Waals surface area contributed by atoms with E-state index in [4.69, 9.17) is 16.3 Å². The highest BCUT2D eigenvalue weighted by atomic mass is 79.9. The SMILES string of the molecule is COc1cc(Br)c(NC(=O)c2cccc(Cl)c2)c(Br)c1. The lowest BCUT2D eigenvalue weighted by Gasteiger charge is -2.11. The lowest BCUT2D eigenvalue weighted by atomic mass is 10.2. The number of carbonyl (C=O) groups excluding carboxylic acids is 1. The predicted octanol–water partition coefficient (Wildman–Crippen LogP) is 5.13. The molecular formula is C14H10Br2ClNO2. The molecule has 0 aliphatic rings. The molecule has 0 spiro atoms. The minimum absolute atomic E-state index is 0.237. The molecule has 0 fully saturated rings. The zero-order valence-electron chi connectivity index (χ0n) is 10.4. The molecule has 0 aliphatic carbocycles. The van der Waals surface area contributed by atoms with Gasteiger partial charge in [0.15, 0.2) is 0 Å². The molecule has 0 atom stereocenters. The van der Waals surface area contributed by atoms with Gasteiger partial charge < -0.3 is 10.1 Å². The molecule has 20 heavy (non-hydrogen) atoms. The van der Waals surface area contributed by atoms with E-state index in [-0.39, 0.29) is 5.91 Å². The van der Waals surface area contributed by atoms with Gasteiger partial charge in [0, 0.05) is 19.5 Å². The van der Waals surface area contributed by atoms with Crippen molar-refractivity contribution in [3.05, 3.63) is 55.9 Å². The summed E-state index contributed by atoms with van der Waals surface area (Å²) in [6.07, 6.45) is 0. The highest BCUT2D eigenvalue weighted by Crippen LogP contribution is 2.35. The van der Waals surface area contributed by atoms with Crippen LogP contribution < -0.4 is 10.1 Å². The fourth-order valence-electron chi connectivity index (χ4n) is 1.60. The molecule has 2 aromatic carbocycles. The number of hydrogen-bond donors (Lipinski definition) is 1. The maximum absolute atomic E-state index is 12.2. The first-order valence-electron chi connectivity index (χ1n) is 5.61. The van der Waals surface area contributed by atoms with E-state index in [2.05, 4.69) is 37.2 Å². The molecule has 3 nitrogen and oxygen atoms in total. The molecule has 0 saturated heterocycles. The fraction of sp³-hybridized carbons (Fsp3) is 0.0714. The van der Waals surface area contributed by atoms with Crippen LogP contribution in [-0.4, -0.2) is 13.0 Å². The van der Waals surface area contributed by atoms with Crippen LogP contribution in [0, 0.1) is 0 Å². The Labute approximate surface area is 138 Å². The van der Waals surface area contributed by atoms with Crippen molar-refractivity contribution in [2.75, 3.05) is 12.4 Å². The number of carbonyl (C=O) groups is 1. The highest BCUT2D eigenvalue weighted by molar-refractivity contribution is 9.11. The third-order valence-electron chi connectivity index (χ3n) is 2.58. The number of amides is 1. The van der Waals surface area contributed by atoms with Gasteiger partial charge in [-0.05, 0) is 62.2 Å². The summed E-state index contributed by atoms with van der Waals surface area (Å²) in [5.74, 6) is 0.448. The van der Waals surface area contributed by atoms with Crippen LogP contribution in [0.15, 0.2) is 45.3 Å². The van der Waals surface area contributed by atoms with Crippen molar-refractivity contribution in [3.63, 3.8) is 0 Å². The maximum Gasteiger partial charge on any atom is 0.255 e. The van der Waals surface area contributed by atoms with Crippen molar-refractivity contribution in [2.45, 2.75) is 0 Å². The maximum atomic E-state index is 12.2. The van der Waals surface area contributed by atoms with Crippen molar-refractivity contribution in [3.8, 4) is 5.75 Å². The first-order valence-corrected chi connectivity index (χ1v) is 7.57. The van der Waals surface area contributed by atoms with Crippen LogP contribution in [0.3, 0.4) is 0 Å². The van der Waals surface area contributed by atoms with Gasteiger partial charge in [-0.3, -0.25) is 4.79 Å². The molecule has 0 heterocycles. The largest absolute Gasteiger partial charge is 0.497 e. The second kappa shape index (κ2) is 6.61. The van der Waals surface area contributed by atoms with Crippen molar-refractivity contribution >= 4 is 55.1 Å². The van der Waals surface area contributed by atoms with Crippen molar-refractivity contribution < 1.29 is 9.53 Å². The van der Waals surface area contributed by atoms with Crippen LogP contribution in [0.2, 0.25) is 5.02 Å². The summed E-state index contributed by atoms with van der Waals surface area (Å²) in [6, 6.07) is 10.3. The van der Waals surface area contributed by atoms with Gasteiger partial charge in [0.05, 0.1) is 12.8 Å². The van der Waals surface area contributed by atoms with Crippen LogP contribution in [0.1, 0.15) is 10.4 Å². The fourth-order valence-corrected chi connectivity index (χ4v) is 3.14. The number of ether oxygens (including phenoxy) is 1. The van der Waals surface area contributed by atoms with Crippen LogP contribution in [0.25, 0.3) is 0 Å². The van der Waals surface area contributed by atoms with Gasteiger partial charge in [-0.15, -0.1) is 0 Å². The number of halogens is 3. The Bertz CT molecular complexity index is 638. The Hall–Kier alpha value is -1.04. The van der Waals surface area contributed by atoms with E-state index in [1.54, 1.807) is 43.5 Å². The molecular weight excluding hydrogens is 409 g/mol. The van der Waals surface area contributed by atoms with Gasteiger partial charge in [0.1, 0.15) is 5.75 Å². The Kier molecular flexibility index (Phi) is 5.07. The van der Waals surface area contributed by atoms with E-state index in [1.807, 2.05) is 0 Å². The van der Waals surface area contributed by atoms with Gasteiger partial charge in [-0.2, -0.15) is 0 Å². The molecule has 104 valence electrons. The Morgan fingerprint density at radius 3 is 2.40 bits per heavy atom. The van der Waals surface area contributed by atoms with Gasteiger partial charge in [-0.25, -0.2) is 0 Å². The number of nitrogens with one attached hydrogen (secondary N) is 1.